The summed E-state index contributed by atoms with van der Waals surface area (Å²) in [7, 11) is 1.62. The zero-order valence-corrected chi connectivity index (χ0v) is 10.5. The van der Waals surface area contributed by atoms with Gasteiger partial charge in [0.2, 0.25) is 0 Å². The van der Waals surface area contributed by atoms with E-state index in [4.69, 9.17) is 0 Å². The van der Waals surface area contributed by atoms with Crippen molar-refractivity contribution in [3.05, 3.63) is 71.0 Å². The zero-order valence-electron chi connectivity index (χ0n) is 10.5. The fraction of sp³-hybridized carbons (Fsp3) is 0.200. The Kier molecular flexibility index (Phi) is 4.22. The van der Waals surface area contributed by atoms with E-state index in [9.17, 15) is 13.2 Å². The molecule has 19 heavy (non-hydrogen) atoms. The smallest absolute Gasteiger partial charge is 0.133 e. The topological polar surface area (TPSA) is 12.0 Å². The third-order valence-corrected chi connectivity index (χ3v) is 3.02. The van der Waals surface area contributed by atoms with Crippen LogP contribution in [-0.4, -0.2) is 7.05 Å². The molecule has 0 fully saturated rings. The molecule has 2 aromatic carbocycles. The van der Waals surface area contributed by atoms with Crippen molar-refractivity contribution in [1.82, 2.24) is 5.32 Å². The number of nitrogens with one attached hydrogen (secondary N) is 1. The molecule has 1 nitrogen and oxygen atoms in total. The molecule has 0 heterocycles. The van der Waals surface area contributed by atoms with Crippen molar-refractivity contribution >= 4 is 0 Å². The SMILES string of the molecule is CNC(Cc1ccccc1)c1c(F)cc(F)cc1F. The maximum Gasteiger partial charge on any atom is 0.133 e. The molecule has 2 rings (SSSR count). The third kappa shape index (κ3) is 3.15. The van der Waals surface area contributed by atoms with Crippen LogP contribution in [0.4, 0.5) is 13.2 Å². The number of rotatable bonds is 4. The average molecular weight is 265 g/mol. The van der Waals surface area contributed by atoms with E-state index in [0.29, 0.717) is 18.6 Å². The van der Waals surface area contributed by atoms with Crippen LogP contribution in [0.2, 0.25) is 0 Å². The maximum atomic E-state index is 13.7. The molecule has 0 saturated heterocycles. The summed E-state index contributed by atoms with van der Waals surface area (Å²) in [4.78, 5) is 0. The molecule has 100 valence electrons. The van der Waals surface area contributed by atoms with E-state index >= 15 is 0 Å². The monoisotopic (exact) mass is 265 g/mol. The lowest BCUT2D eigenvalue weighted by molar-refractivity contribution is 0.475. The molecule has 0 aliphatic heterocycles. The van der Waals surface area contributed by atoms with Crippen LogP contribution in [0.15, 0.2) is 42.5 Å². The third-order valence-electron chi connectivity index (χ3n) is 3.02. The van der Waals surface area contributed by atoms with Crippen LogP contribution in [0, 0.1) is 17.5 Å². The first-order chi connectivity index (χ1) is 9.11. The van der Waals surface area contributed by atoms with Crippen LogP contribution in [0.3, 0.4) is 0 Å². The Morgan fingerprint density at radius 2 is 1.58 bits per heavy atom. The Bertz CT molecular complexity index is 532. The molecule has 0 aliphatic rings. The summed E-state index contributed by atoms with van der Waals surface area (Å²) in [5.74, 6) is -2.64. The van der Waals surface area contributed by atoms with Crippen LogP contribution in [0.25, 0.3) is 0 Å². The first-order valence-corrected chi connectivity index (χ1v) is 5.97. The second-order valence-corrected chi connectivity index (χ2v) is 4.31. The lowest BCUT2D eigenvalue weighted by Gasteiger charge is -2.18. The van der Waals surface area contributed by atoms with E-state index in [2.05, 4.69) is 5.32 Å². The molecule has 0 spiro atoms. The highest BCUT2D eigenvalue weighted by Gasteiger charge is 2.20. The van der Waals surface area contributed by atoms with E-state index in [-0.39, 0.29) is 5.56 Å². The van der Waals surface area contributed by atoms with Crippen molar-refractivity contribution in [3.8, 4) is 0 Å². The van der Waals surface area contributed by atoms with Gasteiger partial charge in [-0.2, -0.15) is 0 Å². The normalized spacial score (nSPS) is 12.4. The summed E-state index contributed by atoms with van der Waals surface area (Å²) in [6.07, 6.45) is 0.427. The van der Waals surface area contributed by atoms with E-state index < -0.39 is 23.5 Å². The van der Waals surface area contributed by atoms with Gasteiger partial charge in [0.15, 0.2) is 0 Å². The van der Waals surface area contributed by atoms with Crippen molar-refractivity contribution < 1.29 is 13.2 Å². The van der Waals surface area contributed by atoms with Crippen molar-refractivity contribution in [2.24, 2.45) is 0 Å². The summed E-state index contributed by atoms with van der Waals surface area (Å²) < 4.78 is 40.4. The molecular weight excluding hydrogens is 251 g/mol. The summed E-state index contributed by atoms with van der Waals surface area (Å²) in [5, 5.41) is 2.87. The highest BCUT2D eigenvalue weighted by molar-refractivity contribution is 5.27. The van der Waals surface area contributed by atoms with Crippen LogP contribution in [-0.2, 0) is 6.42 Å². The molecule has 0 aromatic heterocycles. The van der Waals surface area contributed by atoms with Gasteiger partial charge in [0.05, 0.1) is 0 Å². The fourth-order valence-corrected chi connectivity index (χ4v) is 2.08. The van der Waals surface area contributed by atoms with Crippen LogP contribution >= 0.6 is 0 Å². The van der Waals surface area contributed by atoms with Crippen molar-refractivity contribution in [3.63, 3.8) is 0 Å². The second-order valence-electron chi connectivity index (χ2n) is 4.31. The van der Waals surface area contributed by atoms with Gasteiger partial charge in [-0.1, -0.05) is 30.3 Å². The molecule has 0 aliphatic carbocycles. The Hall–Kier alpha value is -1.81. The molecule has 2 aromatic rings. The fourth-order valence-electron chi connectivity index (χ4n) is 2.08. The Morgan fingerprint density at radius 1 is 1.00 bits per heavy atom. The minimum absolute atomic E-state index is 0.132. The Labute approximate surface area is 110 Å². The minimum atomic E-state index is -0.909. The maximum absolute atomic E-state index is 13.7. The molecule has 0 radical (unpaired) electrons. The number of benzene rings is 2. The molecule has 0 bridgehead atoms. The zero-order chi connectivity index (χ0) is 13.8. The van der Waals surface area contributed by atoms with Gasteiger partial charge >= 0.3 is 0 Å². The molecule has 1 unspecified atom stereocenters. The highest BCUT2D eigenvalue weighted by atomic mass is 19.1. The largest absolute Gasteiger partial charge is 0.313 e. The van der Waals surface area contributed by atoms with Crippen LogP contribution in [0.5, 0.6) is 0 Å². The van der Waals surface area contributed by atoms with Gasteiger partial charge in [-0.15, -0.1) is 0 Å². The lowest BCUT2D eigenvalue weighted by atomic mass is 9.98. The summed E-state index contributed by atoms with van der Waals surface area (Å²) in [6, 6.07) is 10.2. The van der Waals surface area contributed by atoms with E-state index in [0.717, 1.165) is 5.56 Å². The van der Waals surface area contributed by atoms with E-state index in [1.54, 1.807) is 7.05 Å². The lowest BCUT2D eigenvalue weighted by Crippen LogP contribution is -2.21. The standard InChI is InChI=1S/C15H14F3N/c1-19-14(7-10-5-3-2-4-6-10)15-12(17)8-11(16)9-13(15)18/h2-6,8-9,14,19H,7H2,1H3. The predicted molar refractivity (Wildman–Crippen MR) is 68.3 cm³/mol. The van der Waals surface area contributed by atoms with Gasteiger partial charge in [-0.05, 0) is 19.0 Å². The average Bonchev–Trinajstić information content (AvgIpc) is 2.37. The predicted octanol–water partition coefficient (Wildman–Crippen LogP) is 3.61. The van der Waals surface area contributed by atoms with Gasteiger partial charge in [0, 0.05) is 23.7 Å². The van der Waals surface area contributed by atoms with E-state index in [1.165, 1.54) is 0 Å². The van der Waals surface area contributed by atoms with Crippen molar-refractivity contribution in [2.45, 2.75) is 12.5 Å². The number of likely N-dealkylation sites (N-methyl/N-ethyl adjacent to an activating group) is 1. The number of hydrogen-bond donors (Lipinski definition) is 1. The summed E-state index contributed by atoms with van der Waals surface area (Å²) >= 11 is 0. The molecule has 4 heteroatoms. The minimum Gasteiger partial charge on any atom is -0.313 e. The number of halogens is 3. The highest BCUT2D eigenvalue weighted by Crippen LogP contribution is 2.24. The van der Waals surface area contributed by atoms with Crippen LogP contribution in [0.1, 0.15) is 17.2 Å². The first-order valence-electron chi connectivity index (χ1n) is 5.97. The molecule has 1 N–H and O–H groups in total. The molecule has 0 saturated carbocycles. The van der Waals surface area contributed by atoms with Crippen molar-refractivity contribution in [2.75, 3.05) is 7.05 Å². The van der Waals surface area contributed by atoms with Crippen molar-refractivity contribution in [1.29, 1.82) is 0 Å². The van der Waals surface area contributed by atoms with Gasteiger partial charge in [0.1, 0.15) is 17.5 Å². The molecule has 1 atom stereocenters. The first kappa shape index (κ1) is 13.6. The molecule has 0 amide bonds. The summed E-state index contributed by atoms with van der Waals surface area (Å²) in [6.45, 7) is 0. The Morgan fingerprint density at radius 3 is 2.11 bits per heavy atom. The number of hydrogen-bond acceptors (Lipinski definition) is 1. The van der Waals surface area contributed by atoms with Gasteiger partial charge < -0.3 is 5.32 Å². The van der Waals surface area contributed by atoms with Crippen LogP contribution < -0.4 is 5.32 Å². The van der Waals surface area contributed by atoms with Gasteiger partial charge in [-0.3, -0.25) is 0 Å². The quantitative estimate of drug-likeness (QED) is 0.890. The molecular formula is C15H14F3N. The van der Waals surface area contributed by atoms with Gasteiger partial charge in [-0.25, -0.2) is 13.2 Å². The van der Waals surface area contributed by atoms with E-state index in [1.807, 2.05) is 30.3 Å². The Balaban J connectivity index is 2.32. The van der Waals surface area contributed by atoms with Gasteiger partial charge in [0.25, 0.3) is 0 Å². The second kappa shape index (κ2) is 5.89. The summed E-state index contributed by atoms with van der Waals surface area (Å²) in [5.41, 5.74) is 0.817.